The van der Waals surface area contributed by atoms with Crippen LogP contribution in [-0.2, 0) is 0 Å². The molecular formula is C10H15N3O2. The van der Waals surface area contributed by atoms with Crippen LogP contribution in [-0.4, -0.2) is 34.4 Å². The van der Waals surface area contributed by atoms with E-state index < -0.39 is 5.97 Å². The van der Waals surface area contributed by atoms with Gasteiger partial charge in [0.05, 0.1) is 0 Å². The maximum atomic E-state index is 10.6. The summed E-state index contributed by atoms with van der Waals surface area (Å²) in [6.07, 6.45) is 1.02. The Morgan fingerprint density at radius 1 is 1.40 bits per heavy atom. The van der Waals surface area contributed by atoms with Gasteiger partial charge in [-0.1, -0.05) is 6.92 Å². The van der Waals surface area contributed by atoms with Gasteiger partial charge in [0.15, 0.2) is 11.5 Å². The van der Waals surface area contributed by atoms with Crippen LogP contribution in [0.4, 0.5) is 5.82 Å². The van der Waals surface area contributed by atoms with E-state index in [0.29, 0.717) is 0 Å². The molecule has 0 aliphatic heterocycles. The molecule has 0 spiro atoms. The summed E-state index contributed by atoms with van der Waals surface area (Å²) in [5.74, 6) is -0.322. The number of hydrogen-bond acceptors (Lipinski definition) is 4. The molecule has 0 bridgehead atoms. The van der Waals surface area contributed by atoms with Crippen molar-refractivity contribution in [1.82, 2.24) is 10.2 Å². The second-order valence-corrected chi connectivity index (χ2v) is 3.16. The van der Waals surface area contributed by atoms with Gasteiger partial charge in [0.1, 0.15) is 0 Å². The first-order chi connectivity index (χ1) is 7.19. The Bertz CT molecular complexity index is 324. The van der Waals surface area contributed by atoms with Crippen LogP contribution in [0.25, 0.3) is 0 Å². The van der Waals surface area contributed by atoms with Crippen molar-refractivity contribution in [2.45, 2.75) is 20.3 Å². The quantitative estimate of drug-likeness (QED) is 0.794. The minimum Gasteiger partial charge on any atom is -0.476 e. The maximum Gasteiger partial charge on any atom is 0.356 e. The smallest absolute Gasteiger partial charge is 0.356 e. The first kappa shape index (κ1) is 11.4. The van der Waals surface area contributed by atoms with E-state index in [9.17, 15) is 4.79 Å². The Kier molecular flexibility index (Phi) is 4.03. The van der Waals surface area contributed by atoms with Crippen molar-refractivity contribution in [1.29, 1.82) is 0 Å². The summed E-state index contributed by atoms with van der Waals surface area (Å²) in [6.45, 7) is 5.86. The molecule has 1 N–H and O–H groups in total. The van der Waals surface area contributed by atoms with Gasteiger partial charge in [-0.3, -0.25) is 0 Å². The van der Waals surface area contributed by atoms with Crippen LogP contribution in [0.3, 0.4) is 0 Å². The van der Waals surface area contributed by atoms with Gasteiger partial charge in [0, 0.05) is 13.1 Å². The van der Waals surface area contributed by atoms with Crippen LogP contribution in [0.15, 0.2) is 12.1 Å². The zero-order valence-corrected chi connectivity index (χ0v) is 8.97. The topological polar surface area (TPSA) is 66.3 Å². The van der Waals surface area contributed by atoms with Crippen LogP contribution < -0.4 is 4.90 Å². The maximum absolute atomic E-state index is 10.6. The molecule has 0 amide bonds. The fraction of sp³-hybridized carbons (Fsp3) is 0.500. The van der Waals surface area contributed by atoms with Crippen LogP contribution >= 0.6 is 0 Å². The van der Waals surface area contributed by atoms with Gasteiger partial charge in [0.25, 0.3) is 0 Å². The third-order valence-corrected chi connectivity index (χ3v) is 2.07. The van der Waals surface area contributed by atoms with Crippen molar-refractivity contribution in [3.8, 4) is 0 Å². The van der Waals surface area contributed by atoms with Gasteiger partial charge in [-0.25, -0.2) is 4.79 Å². The molecule has 0 aliphatic rings. The summed E-state index contributed by atoms with van der Waals surface area (Å²) in [7, 11) is 0. The highest BCUT2D eigenvalue weighted by Crippen LogP contribution is 2.09. The summed E-state index contributed by atoms with van der Waals surface area (Å²) < 4.78 is 0. The zero-order chi connectivity index (χ0) is 11.3. The summed E-state index contributed by atoms with van der Waals surface area (Å²) in [4.78, 5) is 12.6. The van der Waals surface area contributed by atoms with Gasteiger partial charge in [-0.15, -0.1) is 10.2 Å². The molecule has 5 heteroatoms. The van der Waals surface area contributed by atoms with Crippen molar-refractivity contribution in [3.05, 3.63) is 17.8 Å². The number of nitrogens with zero attached hydrogens (tertiary/aromatic N) is 3. The number of carboxylic acid groups (broad SMARTS) is 1. The van der Waals surface area contributed by atoms with Gasteiger partial charge in [-0.05, 0) is 25.5 Å². The van der Waals surface area contributed by atoms with Crippen molar-refractivity contribution >= 4 is 11.8 Å². The lowest BCUT2D eigenvalue weighted by atomic mass is 10.3. The van der Waals surface area contributed by atoms with Gasteiger partial charge >= 0.3 is 5.97 Å². The first-order valence-electron chi connectivity index (χ1n) is 5.01. The van der Waals surface area contributed by atoms with E-state index >= 15 is 0 Å². The molecule has 0 radical (unpaired) electrons. The number of hydrogen-bond donors (Lipinski definition) is 1. The number of rotatable bonds is 5. The normalized spacial score (nSPS) is 10.0. The number of aromatic nitrogens is 2. The minimum absolute atomic E-state index is 0.0219. The third-order valence-electron chi connectivity index (χ3n) is 2.07. The van der Waals surface area contributed by atoms with E-state index in [1.165, 1.54) is 6.07 Å². The summed E-state index contributed by atoms with van der Waals surface area (Å²) in [6, 6.07) is 3.17. The SMILES string of the molecule is CCCN(CC)c1ccc(C(=O)O)nn1. The molecule has 5 nitrogen and oxygen atoms in total. The van der Waals surface area contributed by atoms with E-state index in [4.69, 9.17) is 5.11 Å². The molecule has 82 valence electrons. The number of anilines is 1. The lowest BCUT2D eigenvalue weighted by Gasteiger charge is -2.20. The van der Waals surface area contributed by atoms with Crippen LogP contribution in [0.1, 0.15) is 30.8 Å². The van der Waals surface area contributed by atoms with E-state index in [1.807, 2.05) is 6.92 Å². The lowest BCUT2D eigenvalue weighted by molar-refractivity contribution is 0.0689. The number of aromatic carboxylic acids is 1. The highest BCUT2D eigenvalue weighted by Gasteiger charge is 2.08. The van der Waals surface area contributed by atoms with E-state index in [1.54, 1.807) is 6.07 Å². The molecule has 0 fully saturated rings. The third kappa shape index (κ3) is 2.90. The van der Waals surface area contributed by atoms with Crippen molar-refractivity contribution in [2.75, 3.05) is 18.0 Å². The molecule has 0 saturated heterocycles. The van der Waals surface area contributed by atoms with E-state index in [2.05, 4.69) is 22.0 Å². The molecule has 1 aromatic rings. The molecule has 15 heavy (non-hydrogen) atoms. The summed E-state index contributed by atoms with van der Waals surface area (Å²) in [5, 5.41) is 16.2. The Morgan fingerprint density at radius 2 is 2.13 bits per heavy atom. The molecule has 0 aliphatic carbocycles. The largest absolute Gasteiger partial charge is 0.476 e. The minimum atomic E-state index is -1.05. The second-order valence-electron chi connectivity index (χ2n) is 3.16. The van der Waals surface area contributed by atoms with Crippen molar-refractivity contribution < 1.29 is 9.90 Å². The Labute approximate surface area is 88.7 Å². The zero-order valence-electron chi connectivity index (χ0n) is 8.97. The Balaban J connectivity index is 2.81. The van der Waals surface area contributed by atoms with Crippen LogP contribution in [0.5, 0.6) is 0 Å². The number of carbonyl (C=O) groups is 1. The standard InChI is InChI=1S/C10H15N3O2/c1-3-7-13(4-2)9-6-5-8(10(14)15)11-12-9/h5-6H,3-4,7H2,1-2H3,(H,14,15). The number of carboxylic acids is 1. The average molecular weight is 209 g/mol. The molecule has 0 aromatic carbocycles. The highest BCUT2D eigenvalue weighted by molar-refractivity contribution is 5.85. The molecular weight excluding hydrogens is 194 g/mol. The molecule has 0 atom stereocenters. The molecule has 1 rings (SSSR count). The highest BCUT2D eigenvalue weighted by atomic mass is 16.4. The summed E-state index contributed by atoms with van der Waals surface area (Å²) >= 11 is 0. The first-order valence-corrected chi connectivity index (χ1v) is 5.01. The summed E-state index contributed by atoms with van der Waals surface area (Å²) in [5.41, 5.74) is -0.0219. The Hall–Kier alpha value is -1.65. The molecule has 1 aromatic heterocycles. The lowest BCUT2D eigenvalue weighted by Crippen LogP contribution is -2.25. The van der Waals surface area contributed by atoms with Crippen LogP contribution in [0.2, 0.25) is 0 Å². The van der Waals surface area contributed by atoms with Crippen molar-refractivity contribution in [3.63, 3.8) is 0 Å². The average Bonchev–Trinajstić information content (AvgIpc) is 2.26. The predicted octanol–water partition coefficient (Wildman–Crippen LogP) is 1.41. The molecule has 0 unspecified atom stereocenters. The molecule has 1 heterocycles. The van der Waals surface area contributed by atoms with Gasteiger partial charge in [-0.2, -0.15) is 0 Å². The molecule has 0 saturated carbocycles. The monoisotopic (exact) mass is 209 g/mol. The second kappa shape index (κ2) is 5.29. The van der Waals surface area contributed by atoms with E-state index in [-0.39, 0.29) is 5.69 Å². The fourth-order valence-corrected chi connectivity index (χ4v) is 1.31. The van der Waals surface area contributed by atoms with Crippen LogP contribution in [0, 0.1) is 0 Å². The Morgan fingerprint density at radius 3 is 2.53 bits per heavy atom. The van der Waals surface area contributed by atoms with Gasteiger partial charge < -0.3 is 10.0 Å². The van der Waals surface area contributed by atoms with Crippen molar-refractivity contribution in [2.24, 2.45) is 0 Å². The van der Waals surface area contributed by atoms with Gasteiger partial charge in [0.2, 0.25) is 0 Å². The fourth-order valence-electron chi connectivity index (χ4n) is 1.31. The van der Waals surface area contributed by atoms with E-state index in [0.717, 1.165) is 25.3 Å². The predicted molar refractivity (Wildman–Crippen MR) is 57.2 cm³/mol.